The number of carbonyl (C=O) groups excluding carboxylic acids is 1. The molecule has 0 bridgehead atoms. The van der Waals surface area contributed by atoms with Gasteiger partial charge in [0.05, 0.1) is 11.1 Å². The van der Waals surface area contributed by atoms with Crippen LogP contribution in [0.15, 0.2) is 65.5 Å². The van der Waals surface area contributed by atoms with Crippen LogP contribution in [-0.4, -0.2) is 34.5 Å². The summed E-state index contributed by atoms with van der Waals surface area (Å²) in [7, 11) is 1.74. The van der Waals surface area contributed by atoms with Crippen LogP contribution >= 0.6 is 0 Å². The predicted octanol–water partition coefficient (Wildman–Crippen LogP) is 3.26. The number of anilines is 1. The molecular formula is C22H23N3O2. The topological polar surface area (TPSA) is 54.3 Å². The van der Waals surface area contributed by atoms with E-state index < -0.39 is 0 Å². The second-order valence-corrected chi connectivity index (χ2v) is 7.07. The van der Waals surface area contributed by atoms with Crippen molar-refractivity contribution < 1.29 is 4.79 Å². The second-order valence-electron chi connectivity index (χ2n) is 7.07. The van der Waals surface area contributed by atoms with Crippen molar-refractivity contribution in [3.63, 3.8) is 0 Å². The number of aryl methyl sites for hydroxylation is 1. The number of piperidine rings is 1. The van der Waals surface area contributed by atoms with E-state index in [0.29, 0.717) is 12.1 Å². The van der Waals surface area contributed by atoms with Crippen LogP contribution in [0.3, 0.4) is 0 Å². The first-order chi connectivity index (χ1) is 13.1. The van der Waals surface area contributed by atoms with E-state index in [4.69, 9.17) is 0 Å². The van der Waals surface area contributed by atoms with Crippen LogP contribution in [0.4, 0.5) is 5.69 Å². The van der Waals surface area contributed by atoms with Crippen LogP contribution in [0.2, 0.25) is 0 Å². The molecule has 3 aromatic rings. The van der Waals surface area contributed by atoms with E-state index in [0.717, 1.165) is 36.0 Å². The number of hydrogen-bond donors (Lipinski definition) is 1. The van der Waals surface area contributed by atoms with Gasteiger partial charge in [0.1, 0.15) is 0 Å². The molecule has 0 aliphatic carbocycles. The van der Waals surface area contributed by atoms with Crippen molar-refractivity contribution in [3.8, 4) is 0 Å². The van der Waals surface area contributed by atoms with Gasteiger partial charge in [0.25, 0.3) is 11.5 Å². The Hall–Kier alpha value is -3.08. The molecule has 4 rings (SSSR count). The molecule has 2 heterocycles. The molecule has 1 aliphatic heterocycles. The summed E-state index contributed by atoms with van der Waals surface area (Å²) in [5.74, 6) is -0.0662. The van der Waals surface area contributed by atoms with Crippen molar-refractivity contribution in [2.24, 2.45) is 7.05 Å². The summed E-state index contributed by atoms with van der Waals surface area (Å²) in [6, 6.07) is 19.3. The molecule has 0 saturated carbocycles. The molecule has 5 heteroatoms. The van der Waals surface area contributed by atoms with Crippen LogP contribution in [0.1, 0.15) is 23.2 Å². The number of aromatic nitrogens is 1. The third-order valence-electron chi connectivity index (χ3n) is 5.24. The summed E-state index contributed by atoms with van der Waals surface area (Å²) in [4.78, 5) is 27.4. The monoisotopic (exact) mass is 361 g/mol. The number of hydrogen-bond acceptors (Lipinski definition) is 3. The minimum Gasteiger partial charge on any atom is -0.381 e. The lowest BCUT2D eigenvalue weighted by atomic mass is 10.0. The van der Waals surface area contributed by atoms with Gasteiger partial charge in [-0.15, -0.1) is 0 Å². The van der Waals surface area contributed by atoms with Crippen molar-refractivity contribution in [2.75, 3.05) is 18.4 Å². The van der Waals surface area contributed by atoms with Gasteiger partial charge in [-0.3, -0.25) is 9.59 Å². The zero-order valence-electron chi connectivity index (χ0n) is 15.4. The number of pyridine rings is 1. The zero-order chi connectivity index (χ0) is 18.8. The van der Waals surface area contributed by atoms with Gasteiger partial charge in [-0.05, 0) is 31.0 Å². The lowest BCUT2D eigenvalue weighted by Crippen LogP contribution is -2.45. The van der Waals surface area contributed by atoms with E-state index >= 15 is 0 Å². The minimum atomic E-state index is -0.159. The Morgan fingerprint density at radius 2 is 1.81 bits per heavy atom. The zero-order valence-corrected chi connectivity index (χ0v) is 15.4. The average Bonchev–Trinajstić information content (AvgIpc) is 2.71. The molecule has 1 fully saturated rings. The molecule has 1 aromatic heterocycles. The number of likely N-dealkylation sites (tertiary alicyclic amines) is 1. The predicted molar refractivity (Wildman–Crippen MR) is 108 cm³/mol. The van der Waals surface area contributed by atoms with E-state index in [1.165, 1.54) is 6.07 Å². The fourth-order valence-corrected chi connectivity index (χ4v) is 3.81. The number of nitrogens with zero attached hydrogens (tertiary/aromatic N) is 2. The standard InChI is InChI=1S/C22H23N3O2/c1-24-20-12-6-5-11-18(20)19(14-21(24)26)22(27)25-13-7-10-17(15-25)23-16-8-3-2-4-9-16/h2-6,8-9,11-12,14,17,23H,7,10,13,15H2,1H3. The summed E-state index contributed by atoms with van der Waals surface area (Å²) < 4.78 is 1.59. The Morgan fingerprint density at radius 3 is 2.63 bits per heavy atom. The van der Waals surface area contributed by atoms with Gasteiger partial charge in [-0.25, -0.2) is 0 Å². The fraction of sp³-hybridized carbons (Fsp3) is 0.273. The summed E-state index contributed by atoms with van der Waals surface area (Å²) in [6.45, 7) is 1.35. The van der Waals surface area contributed by atoms with Crippen molar-refractivity contribution in [1.29, 1.82) is 0 Å². The van der Waals surface area contributed by atoms with Crippen LogP contribution in [0.5, 0.6) is 0 Å². The van der Waals surface area contributed by atoms with E-state index in [1.54, 1.807) is 11.6 Å². The lowest BCUT2D eigenvalue weighted by Gasteiger charge is -2.34. The van der Waals surface area contributed by atoms with Gasteiger partial charge in [0.2, 0.25) is 0 Å². The van der Waals surface area contributed by atoms with Gasteiger partial charge in [-0.1, -0.05) is 36.4 Å². The highest BCUT2D eigenvalue weighted by Crippen LogP contribution is 2.21. The SMILES string of the molecule is Cn1c(=O)cc(C(=O)N2CCCC(Nc3ccccc3)C2)c2ccccc21. The molecule has 0 radical (unpaired) electrons. The maximum Gasteiger partial charge on any atom is 0.254 e. The molecule has 2 aromatic carbocycles. The third-order valence-corrected chi connectivity index (χ3v) is 5.24. The van der Waals surface area contributed by atoms with Gasteiger partial charge < -0.3 is 14.8 Å². The molecule has 5 nitrogen and oxygen atoms in total. The van der Waals surface area contributed by atoms with Crippen LogP contribution < -0.4 is 10.9 Å². The third kappa shape index (κ3) is 3.45. The Labute approximate surface area is 158 Å². The lowest BCUT2D eigenvalue weighted by molar-refractivity contribution is 0.0716. The number of para-hydroxylation sites is 2. The highest BCUT2D eigenvalue weighted by Gasteiger charge is 2.26. The van der Waals surface area contributed by atoms with E-state index in [-0.39, 0.29) is 17.5 Å². The Balaban J connectivity index is 1.60. The van der Waals surface area contributed by atoms with Gasteiger partial charge >= 0.3 is 0 Å². The van der Waals surface area contributed by atoms with E-state index in [2.05, 4.69) is 5.32 Å². The average molecular weight is 361 g/mol. The molecular weight excluding hydrogens is 338 g/mol. The first-order valence-electron chi connectivity index (χ1n) is 9.33. The van der Waals surface area contributed by atoms with Gasteiger partial charge in [-0.2, -0.15) is 0 Å². The highest BCUT2D eigenvalue weighted by atomic mass is 16.2. The summed E-state index contributed by atoms with van der Waals surface area (Å²) in [5, 5.41) is 4.34. The number of amides is 1. The molecule has 27 heavy (non-hydrogen) atoms. The smallest absolute Gasteiger partial charge is 0.254 e. The van der Waals surface area contributed by atoms with E-state index in [1.807, 2.05) is 59.5 Å². The Bertz CT molecular complexity index is 1030. The van der Waals surface area contributed by atoms with Gasteiger partial charge in [0.15, 0.2) is 0 Å². The van der Waals surface area contributed by atoms with Crippen LogP contribution in [-0.2, 0) is 7.05 Å². The van der Waals surface area contributed by atoms with Crippen LogP contribution in [0.25, 0.3) is 10.9 Å². The molecule has 1 atom stereocenters. The molecule has 1 aliphatic rings. The van der Waals surface area contributed by atoms with E-state index in [9.17, 15) is 9.59 Å². The molecule has 1 N–H and O–H groups in total. The summed E-state index contributed by atoms with van der Waals surface area (Å²) >= 11 is 0. The first-order valence-corrected chi connectivity index (χ1v) is 9.33. The maximum absolute atomic E-state index is 13.2. The molecule has 0 spiro atoms. The van der Waals surface area contributed by atoms with Crippen LogP contribution in [0, 0.1) is 0 Å². The van der Waals surface area contributed by atoms with Gasteiger partial charge in [0, 0.05) is 43.3 Å². The number of carbonyl (C=O) groups is 1. The molecule has 1 amide bonds. The fourth-order valence-electron chi connectivity index (χ4n) is 3.81. The molecule has 1 unspecified atom stereocenters. The summed E-state index contributed by atoms with van der Waals surface area (Å²) in [6.07, 6.45) is 1.97. The van der Waals surface area contributed by atoms with Crippen molar-refractivity contribution >= 4 is 22.5 Å². The number of rotatable bonds is 3. The maximum atomic E-state index is 13.2. The molecule has 138 valence electrons. The highest BCUT2D eigenvalue weighted by molar-refractivity contribution is 6.06. The minimum absolute atomic E-state index is 0.0662. The summed E-state index contributed by atoms with van der Waals surface area (Å²) in [5.41, 5.74) is 2.18. The second kappa shape index (κ2) is 7.27. The number of benzene rings is 2. The van der Waals surface area contributed by atoms with Crippen molar-refractivity contribution in [1.82, 2.24) is 9.47 Å². The largest absolute Gasteiger partial charge is 0.381 e. The number of fused-ring (bicyclic) bond motifs is 1. The Kier molecular flexibility index (Phi) is 4.67. The normalized spacial score (nSPS) is 17.1. The van der Waals surface area contributed by atoms with Crippen molar-refractivity contribution in [2.45, 2.75) is 18.9 Å². The Morgan fingerprint density at radius 1 is 1.07 bits per heavy atom. The molecule has 1 saturated heterocycles. The van der Waals surface area contributed by atoms with Crippen molar-refractivity contribution in [3.05, 3.63) is 76.6 Å². The number of nitrogens with one attached hydrogen (secondary N) is 1. The quantitative estimate of drug-likeness (QED) is 0.779. The first kappa shape index (κ1) is 17.3.